The molecule has 3 nitrogen and oxygen atoms in total. The van der Waals surface area contributed by atoms with E-state index in [4.69, 9.17) is 10.2 Å². The fourth-order valence-corrected chi connectivity index (χ4v) is 2.60. The van der Waals surface area contributed by atoms with Gasteiger partial charge in [0.2, 0.25) is 0 Å². The van der Waals surface area contributed by atoms with Crippen molar-refractivity contribution in [3.05, 3.63) is 28.2 Å². The standard InChI is InChI=1S/C10H11BrO3S/c1-6(5-12)15-9-3-7(10(13)14)2-8(11)4-9/h2-4,6,12H,5H2,1H3,(H,13,14). The van der Waals surface area contributed by atoms with Crippen molar-refractivity contribution < 1.29 is 15.0 Å². The normalized spacial score (nSPS) is 12.5. The SMILES string of the molecule is CC(CO)Sc1cc(Br)cc(C(=O)O)c1. The summed E-state index contributed by atoms with van der Waals surface area (Å²) in [4.78, 5) is 11.6. The molecule has 15 heavy (non-hydrogen) atoms. The van der Waals surface area contributed by atoms with Gasteiger partial charge in [-0.15, -0.1) is 11.8 Å². The van der Waals surface area contributed by atoms with E-state index in [2.05, 4.69) is 15.9 Å². The molecular weight excluding hydrogens is 280 g/mol. The second-order valence-electron chi connectivity index (χ2n) is 3.09. The van der Waals surface area contributed by atoms with Crippen LogP contribution in [0.15, 0.2) is 27.6 Å². The summed E-state index contributed by atoms with van der Waals surface area (Å²) < 4.78 is 0.732. The minimum absolute atomic E-state index is 0.0564. The maximum absolute atomic E-state index is 10.8. The molecule has 5 heteroatoms. The average molecular weight is 291 g/mol. The molecule has 1 atom stereocenters. The van der Waals surface area contributed by atoms with Crippen molar-refractivity contribution in [1.29, 1.82) is 0 Å². The number of aromatic carboxylic acids is 1. The summed E-state index contributed by atoms with van der Waals surface area (Å²) >= 11 is 4.70. The number of aliphatic hydroxyl groups excluding tert-OH is 1. The van der Waals surface area contributed by atoms with Gasteiger partial charge in [-0.2, -0.15) is 0 Å². The Bertz CT molecular complexity index is 368. The second-order valence-corrected chi connectivity index (χ2v) is 5.52. The first-order valence-electron chi connectivity index (χ1n) is 4.34. The number of thioether (sulfide) groups is 1. The van der Waals surface area contributed by atoms with Crippen molar-refractivity contribution in [1.82, 2.24) is 0 Å². The fourth-order valence-electron chi connectivity index (χ4n) is 1.02. The second kappa shape index (κ2) is 5.53. The Morgan fingerprint density at radius 3 is 2.73 bits per heavy atom. The summed E-state index contributed by atoms with van der Waals surface area (Å²) in [7, 11) is 0. The summed E-state index contributed by atoms with van der Waals surface area (Å²) in [6.45, 7) is 1.95. The molecule has 0 aromatic heterocycles. The Balaban J connectivity index is 2.93. The number of carboxylic acid groups (broad SMARTS) is 1. The van der Waals surface area contributed by atoms with Gasteiger partial charge in [0.05, 0.1) is 12.2 Å². The minimum Gasteiger partial charge on any atom is -0.478 e. The van der Waals surface area contributed by atoms with Gasteiger partial charge in [0.15, 0.2) is 0 Å². The van der Waals surface area contributed by atoms with Crippen LogP contribution in [0.1, 0.15) is 17.3 Å². The lowest BCUT2D eigenvalue weighted by molar-refractivity contribution is 0.0696. The summed E-state index contributed by atoms with van der Waals surface area (Å²) in [6.07, 6.45) is 0. The number of halogens is 1. The van der Waals surface area contributed by atoms with Crippen LogP contribution in [0.5, 0.6) is 0 Å². The van der Waals surface area contributed by atoms with E-state index in [1.54, 1.807) is 12.1 Å². The van der Waals surface area contributed by atoms with Crippen LogP contribution in [0, 0.1) is 0 Å². The molecular formula is C10H11BrO3S. The van der Waals surface area contributed by atoms with Crippen LogP contribution in [0.2, 0.25) is 0 Å². The molecule has 2 N–H and O–H groups in total. The molecule has 0 aliphatic heterocycles. The van der Waals surface area contributed by atoms with E-state index in [0.717, 1.165) is 9.37 Å². The average Bonchev–Trinajstić information content (AvgIpc) is 2.16. The monoisotopic (exact) mass is 290 g/mol. The van der Waals surface area contributed by atoms with Gasteiger partial charge in [-0.05, 0) is 18.2 Å². The van der Waals surface area contributed by atoms with Gasteiger partial charge in [0.1, 0.15) is 0 Å². The molecule has 0 bridgehead atoms. The molecule has 0 aliphatic rings. The lowest BCUT2D eigenvalue weighted by Crippen LogP contribution is -2.02. The topological polar surface area (TPSA) is 57.5 Å². The maximum Gasteiger partial charge on any atom is 0.335 e. The molecule has 0 heterocycles. The molecule has 0 saturated carbocycles. The molecule has 1 aromatic carbocycles. The van der Waals surface area contributed by atoms with Gasteiger partial charge < -0.3 is 10.2 Å². The largest absolute Gasteiger partial charge is 0.478 e. The first-order valence-corrected chi connectivity index (χ1v) is 6.01. The quantitative estimate of drug-likeness (QED) is 0.837. The van der Waals surface area contributed by atoms with E-state index < -0.39 is 5.97 Å². The molecule has 0 spiro atoms. The number of rotatable bonds is 4. The van der Waals surface area contributed by atoms with Crippen LogP contribution < -0.4 is 0 Å². The fraction of sp³-hybridized carbons (Fsp3) is 0.300. The smallest absolute Gasteiger partial charge is 0.335 e. The van der Waals surface area contributed by atoms with Crippen LogP contribution in [-0.2, 0) is 0 Å². The van der Waals surface area contributed by atoms with Crippen molar-refractivity contribution in [3.8, 4) is 0 Å². The number of hydrogen-bond donors (Lipinski definition) is 2. The minimum atomic E-state index is -0.949. The van der Waals surface area contributed by atoms with E-state index in [0.29, 0.717) is 0 Å². The number of benzene rings is 1. The third-order valence-corrected chi connectivity index (χ3v) is 3.23. The Morgan fingerprint density at radius 2 is 2.20 bits per heavy atom. The van der Waals surface area contributed by atoms with Gasteiger partial charge in [0.25, 0.3) is 0 Å². The molecule has 0 saturated heterocycles. The predicted molar refractivity (Wildman–Crippen MR) is 63.5 cm³/mol. The third kappa shape index (κ3) is 3.85. The van der Waals surface area contributed by atoms with E-state index in [9.17, 15) is 4.79 Å². The molecule has 1 aromatic rings. The highest BCUT2D eigenvalue weighted by molar-refractivity contribution is 9.10. The van der Waals surface area contributed by atoms with Crippen molar-refractivity contribution in [2.45, 2.75) is 17.1 Å². The predicted octanol–water partition coefficient (Wildman–Crippen LogP) is 2.62. The molecule has 0 fully saturated rings. The van der Waals surface area contributed by atoms with Crippen LogP contribution in [0.3, 0.4) is 0 Å². The Labute approximate surface area is 101 Å². The zero-order chi connectivity index (χ0) is 11.4. The van der Waals surface area contributed by atoms with E-state index >= 15 is 0 Å². The summed E-state index contributed by atoms with van der Waals surface area (Å²) in [6, 6.07) is 4.99. The molecule has 1 unspecified atom stereocenters. The lowest BCUT2D eigenvalue weighted by Gasteiger charge is -2.08. The maximum atomic E-state index is 10.8. The van der Waals surface area contributed by atoms with Crippen molar-refractivity contribution >= 4 is 33.7 Å². The highest BCUT2D eigenvalue weighted by atomic mass is 79.9. The molecule has 1 rings (SSSR count). The van der Waals surface area contributed by atoms with Crippen LogP contribution in [-0.4, -0.2) is 28.0 Å². The van der Waals surface area contributed by atoms with Crippen LogP contribution >= 0.6 is 27.7 Å². The summed E-state index contributed by atoms with van der Waals surface area (Å²) in [5, 5.41) is 17.8. The zero-order valence-corrected chi connectivity index (χ0v) is 10.5. The highest BCUT2D eigenvalue weighted by Crippen LogP contribution is 2.27. The number of hydrogen-bond acceptors (Lipinski definition) is 3. The van der Waals surface area contributed by atoms with Gasteiger partial charge >= 0.3 is 5.97 Å². The summed E-state index contributed by atoms with van der Waals surface area (Å²) in [5.74, 6) is -0.949. The first kappa shape index (κ1) is 12.5. The van der Waals surface area contributed by atoms with Crippen LogP contribution in [0.4, 0.5) is 0 Å². The third-order valence-electron chi connectivity index (χ3n) is 1.71. The molecule has 0 amide bonds. The lowest BCUT2D eigenvalue weighted by atomic mass is 10.2. The number of carboxylic acids is 1. The van der Waals surface area contributed by atoms with Crippen LogP contribution in [0.25, 0.3) is 0 Å². The Hall–Kier alpha value is -0.520. The van der Waals surface area contributed by atoms with E-state index in [-0.39, 0.29) is 17.4 Å². The molecule has 82 valence electrons. The van der Waals surface area contributed by atoms with Gasteiger partial charge in [0, 0.05) is 14.6 Å². The van der Waals surface area contributed by atoms with Crippen molar-refractivity contribution in [2.75, 3.05) is 6.61 Å². The number of carbonyl (C=O) groups is 1. The summed E-state index contributed by atoms with van der Waals surface area (Å²) in [5.41, 5.74) is 0.247. The first-order chi connectivity index (χ1) is 7.02. The van der Waals surface area contributed by atoms with E-state index in [1.807, 2.05) is 13.0 Å². The van der Waals surface area contributed by atoms with E-state index in [1.165, 1.54) is 11.8 Å². The Kier molecular flexibility index (Phi) is 4.63. The van der Waals surface area contributed by atoms with Gasteiger partial charge in [-0.25, -0.2) is 4.79 Å². The van der Waals surface area contributed by atoms with Gasteiger partial charge in [-0.3, -0.25) is 0 Å². The molecule has 0 aliphatic carbocycles. The highest BCUT2D eigenvalue weighted by Gasteiger charge is 2.08. The zero-order valence-electron chi connectivity index (χ0n) is 8.11. The number of aliphatic hydroxyl groups is 1. The van der Waals surface area contributed by atoms with Crippen molar-refractivity contribution in [3.63, 3.8) is 0 Å². The van der Waals surface area contributed by atoms with Gasteiger partial charge in [-0.1, -0.05) is 22.9 Å². The van der Waals surface area contributed by atoms with Crippen molar-refractivity contribution in [2.24, 2.45) is 0 Å². The Morgan fingerprint density at radius 1 is 1.53 bits per heavy atom. The molecule has 0 radical (unpaired) electrons.